The van der Waals surface area contributed by atoms with Crippen molar-refractivity contribution in [2.24, 2.45) is 10.9 Å². The molecule has 150 valence electrons. The molecule has 0 aromatic heterocycles. The normalized spacial score (nSPS) is 28.5. The van der Waals surface area contributed by atoms with Crippen LogP contribution in [0.5, 0.6) is 0 Å². The lowest BCUT2D eigenvalue weighted by atomic mass is 9.84. The van der Waals surface area contributed by atoms with Crippen LogP contribution in [-0.4, -0.2) is 99.8 Å². The van der Waals surface area contributed by atoms with Crippen molar-refractivity contribution in [1.82, 2.24) is 20.0 Å². The lowest BCUT2D eigenvalue weighted by molar-refractivity contribution is 0.0170. The minimum Gasteiger partial charge on any atom is -0.384 e. The molecule has 6 heteroatoms. The standard InChI is InChI=1S/C20H39N5O/c1-21-19(24-12-7-18(15-24)16-26-3)22-17-20(8-13-23(2)14-9-20)25-10-5-4-6-11-25/h18H,4-17H2,1-3H3,(H,21,22). The van der Waals surface area contributed by atoms with Gasteiger partial charge in [-0.25, -0.2) is 0 Å². The van der Waals surface area contributed by atoms with Gasteiger partial charge in [0.15, 0.2) is 5.96 Å². The van der Waals surface area contributed by atoms with E-state index in [-0.39, 0.29) is 0 Å². The van der Waals surface area contributed by atoms with Gasteiger partial charge < -0.3 is 19.9 Å². The molecule has 1 unspecified atom stereocenters. The molecule has 6 nitrogen and oxygen atoms in total. The Morgan fingerprint density at radius 2 is 1.85 bits per heavy atom. The summed E-state index contributed by atoms with van der Waals surface area (Å²) < 4.78 is 5.35. The van der Waals surface area contributed by atoms with Crippen LogP contribution in [0.4, 0.5) is 0 Å². The molecule has 0 aromatic carbocycles. The highest BCUT2D eigenvalue weighted by atomic mass is 16.5. The highest BCUT2D eigenvalue weighted by Crippen LogP contribution is 2.31. The molecule has 3 aliphatic rings. The first-order valence-electron chi connectivity index (χ1n) is 10.5. The van der Waals surface area contributed by atoms with Crippen molar-refractivity contribution in [3.05, 3.63) is 0 Å². The SMILES string of the molecule is CN=C(NCC1(N2CCCCC2)CCN(C)CC1)N1CCC(COC)C1. The third kappa shape index (κ3) is 4.70. The van der Waals surface area contributed by atoms with Gasteiger partial charge in [-0.15, -0.1) is 0 Å². The number of nitrogens with zero attached hydrogens (tertiary/aromatic N) is 4. The predicted molar refractivity (Wildman–Crippen MR) is 108 cm³/mol. The molecule has 1 atom stereocenters. The van der Waals surface area contributed by atoms with Crippen LogP contribution in [0.25, 0.3) is 0 Å². The lowest BCUT2D eigenvalue weighted by Gasteiger charge is -2.50. The number of hydrogen-bond donors (Lipinski definition) is 1. The van der Waals surface area contributed by atoms with Crippen LogP contribution >= 0.6 is 0 Å². The summed E-state index contributed by atoms with van der Waals surface area (Å²) in [6, 6.07) is 0. The minimum atomic E-state index is 0.300. The average molecular weight is 366 g/mol. The summed E-state index contributed by atoms with van der Waals surface area (Å²) in [4.78, 5) is 12.3. The zero-order valence-electron chi connectivity index (χ0n) is 17.2. The van der Waals surface area contributed by atoms with Crippen molar-refractivity contribution in [3.63, 3.8) is 0 Å². The summed E-state index contributed by atoms with van der Waals surface area (Å²) in [6.07, 6.45) is 7.85. The second kappa shape index (κ2) is 9.38. The fourth-order valence-corrected chi connectivity index (χ4v) is 4.98. The first-order chi connectivity index (χ1) is 12.7. The molecule has 0 aliphatic carbocycles. The molecule has 3 fully saturated rings. The zero-order chi connectivity index (χ0) is 18.4. The molecule has 0 spiro atoms. The zero-order valence-corrected chi connectivity index (χ0v) is 17.2. The second-order valence-corrected chi connectivity index (χ2v) is 8.53. The molecule has 3 aliphatic heterocycles. The van der Waals surface area contributed by atoms with Gasteiger partial charge in [0.05, 0.1) is 6.61 Å². The van der Waals surface area contributed by atoms with Crippen molar-refractivity contribution >= 4 is 5.96 Å². The van der Waals surface area contributed by atoms with Gasteiger partial charge in [0.1, 0.15) is 0 Å². The lowest BCUT2D eigenvalue weighted by Crippen LogP contribution is -2.62. The fraction of sp³-hybridized carbons (Fsp3) is 0.950. The van der Waals surface area contributed by atoms with Gasteiger partial charge in [-0.3, -0.25) is 9.89 Å². The largest absolute Gasteiger partial charge is 0.384 e. The summed E-state index contributed by atoms with van der Waals surface area (Å²) >= 11 is 0. The minimum absolute atomic E-state index is 0.300. The Morgan fingerprint density at radius 3 is 2.50 bits per heavy atom. The number of ether oxygens (including phenoxy) is 1. The van der Waals surface area contributed by atoms with Crippen molar-refractivity contribution in [1.29, 1.82) is 0 Å². The Hall–Kier alpha value is -0.850. The molecule has 1 N–H and O–H groups in total. The van der Waals surface area contributed by atoms with Crippen LogP contribution in [-0.2, 0) is 4.74 Å². The van der Waals surface area contributed by atoms with Crippen molar-refractivity contribution in [3.8, 4) is 0 Å². The van der Waals surface area contributed by atoms with Gasteiger partial charge in [-0.05, 0) is 65.3 Å². The summed E-state index contributed by atoms with van der Waals surface area (Å²) in [7, 11) is 5.99. The van der Waals surface area contributed by atoms with E-state index >= 15 is 0 Å². The molecular formula is C20H39N5O. The van der Waals surface area contributed by atoms with Crippen LogP contribution in [0.1, 0.15) is 38.5 Å². The third-order valence-electron chi connectivity index (χ3n) is 6.72. The van der Waals surface area contributed by atoms with E-state index in [4.69, 9.17) is 4.74 Å². The van der Waals surface area contributed by atoms with Gasteiger partial charge in [0.25, 0.3) is 0 Å². The van der Waals surface area contributed by atoms with Gasteiger partial charge in [0.2, 0.25) is 0 Å². The number of guanidine groups is 1. The topological polar surface area (TPSA) is 43.3 Å². The van der Waals surface area contributed by atoms with E-state index in [2.05, 4.69) is 32.1 Å². The molecule has 0 aromatic rings. The molecular weight excluding hydrogens is 326 g/mol. The van der Waals surface area contributed by atoms with E-state index in [0.29, 0.717) is 11.5 Å². The molecule has 0 bridgehead atoms. The Balaban J connectivity index is 1.61. The van der Waals surface area contributed by atoms with Gasteiger partial charge in [-0.2, -0.15) is 0 Å². The summed E-state index contributed by atoms with van der Waals surface area (Å²) in [5.74, 6) is 1.72. The van der Waals surface area contributed by atoms with Crippen LogP contribution in [0.2, 0.25) is 0 Å². The van der Waals surface area contributed by atoms with Gasteiger partial charge in [-0.1, -0.05) is 6.42 Å². The maximum Gasteiger partial charge on any atom is 0.193 e. The Bertz CT molecular complexity index is 455. The van der Waals surface area contributed by atoms with E-state index in [1.165, 1.54) is 64.7 Å². The molecule has 3 rings (SSSR count). The number of rotatable bonds is 5. The van der Waals surface area contributed by atoms with E-state index in [0.717, 1.165) is 32.2 Å². The van der Waals surface area contributed by atoms with Crippen molar-refractivity contribution in [2.75, 3.05) is 73.6 Å². The monoisotopic (exact) mass is 365 g/mol. The Morgan fingerprint density at radius 1 is 1.12 bits per heavy atom. The number of methoxy groups -OCH3 is 1. The van der Waals surface area contributed by atoms with Crippen molar-refractivity contribution in [2.45, 2.75) is 44.1 Å². The molecule has 0 amide bonds. The smallest absolute Gasteiger partial charge is 0.193 e. The number of piperidine rings is 2. The van der Waals surface area contributed by atoms with E-state index < -0.39 is 0 Å². The van der Waals surface area contributed by atoms with Crippen LogP contribution in [0.3, 0.4) is 0 Å². The van der Waals surface area contributed by atoms with Crippen molar-refractivity contribution < 1.29 is 4.74 Å². The summed E-state index contributed by atoms with van der Waals surface area (Å²) in [5, 5.41) is 3.77. The molecule has 3 heterocycles. The number of likely N-dealkylation sites (tertiary alicyclic amines) is 3. The van der Waals surface area contributed by atoms with Gasteiger partial charge in [0, 0.05) is 45.2 Å². The highest BCUT2D eigenvalue weighted by Gasteiger charge is 2.40. The fourth-order valence-electron chi connectivity index (χ4n) is 4.98. The highest BCUT2D eigenvalue weighted by molar-refractivity contribution is 5.80. The number of nitrogens with one attached hydrogen (secondary N) is 1. The molecule has 0 saturated carbocycles. The van der Waals surface area contributed by atoms with E-state index in [9.17, 15) is 0 Å². The van der Waals surface area contributed by atoms with Crippen LogP contribution in [0, 0.1) is 5.92 Å². The maximum absolute atomic E-state index is 5.35. The summed E-state index contributed by atoms with van der Waals surface area (Å²) in [6.45, 7) is 8.98. The molecule has 26 heavy (non-hydrogen) atoms. The molecule has 0 radical (unpaired) electrons. The Kier molecular flexibility index (Phi) is 7.18. The Labute approximate surface area is 159 Å². The first-order valence-corrected chi connectivity index (χ1v) is 10.5. The third-order valence-corrected chi connectivity index (χ3v) is 6.72. The second-order valence-electron chi connectivity index (χ2n) is 8.53. The predicted octanol–water partition coefficient (Wildman–Crippen LogP) is 1.48. The van der Waals surface area contributed by atoms with E-state index in [1.54, 1.807) is 7.11 Å². The van der Waals surface area contributed by atoms with Crippen LogP contribution < -0.4 is 5.32 Å². The maximum atomic E-state index is 5.35. The average Bonchev–Trinajstić information content (AvgIpc) is 3.13. The quantitative estimate of drug-likeness (QED) is 0.591. The van der Waals surface area contributed by atoms with Crippen LogP contribution in [0.15, 0.2) is 4.99 Å². The molecule has 3 saturated heterocycles. The first kappa shape index (κ1) is 19.9. The number of hydrogen-bond acceptors (Lipinski definition) is 4. The summed E-state index contributed by atoms with van der Waals surface area (Å²) in [5.41, 5.74) is 0.300. The van der Waals surface area contributed by atoms with Gasteiger partial charge >= 0.3 is 0 Å². The van der Waals surface area contributed by atoms with E-state index in [1.807, 2.05) is 7.05 Å². The number of aliphatic imine (C=N–C) groups is 1.